The first kappa shape index (κ1) is 18.6. The first-order valence-corrected chi connectivity index (χ1v) is 8.01. The van der Waals surface area contributed by atoms with Crippen molar-refractivity contribution in [2.45, 2.75) is 25.7 Å². The number of nitrogens with one attached hydrogen (secondary N) is 1. The van der Waals surface area contributed by atoms with Gasteiger partial charge in [0.2, 0.25) is 5.75 Å². The van der Waals surface area contributed by atoms with E-state index in [4.69, 9.17) is 19.3 Å². The molecule has 136 valence electrons. The summed E-state index contributed by atoms with van der Waals surface area (Å²) in [5.41, 5.74) is 0.628. The molecule has 1 aromatic carbocycles. The van der Waals surface area contributed by atoms with Crippen molar-refractivity contribution in [3.63, 3.8) is 0 Å². The smallest absolute Gasteiger partial charge is 0.303 e. The van der Waals surface area contributed by atoms with E-state index in [0.29, 0.717) is 41.5 Å². The molecule has 1 heterocycles. The number of aliphatic carboxylic acids is 1. The van der Waals surface area contributed by atoms with Gasteiger partial charge >= 0.3 is 5.97 Å². The highest BCUT2D eigenvalue weighted by atomic mass is 16.5. The predicted octanol–water partition coefficient (Wildman–Crippen LogP) is 2.71. The van der Waals surface area contributed by atoms with E-state index in [1.807, 2.05) is 6.07 Å². The Morgan fingerprint density at radius 2 is 1.84 bits per heavy atom. The van der Waals surface area contributed by atoms with Crippen LogP contribution in [0, 0.1) is 0 Å². The maximum atomic E-state index is 10.5. The van der Waals surface area contributed by atoms with Crippen LogP contribution in [-0.2, 0) is 4.79 Å². The van der Waals surface area contributed by atoms with E-state index in [9.17, 15) is 4.79 Å². The number of fused-ring (bicyclic) bond motifs is 1. The van der Waals surface area contributed by atoms with Crippen molar-refractivity contribution >= 4 is 22.7 Å². The van der Waals surface area contributed by atoms with E-state index in [-0.39, 0.29) is 6.42 Å². The Hall–Kier alpha value is -2.77. The molecule has 0 radical (unpaired) electrons. The molecule has 25 heavy (non-hydrogen) atoms. The molecule has 8 nitrogen and oxygen atoms in total. The number of ether oxygens (including phenoxy) is 3. The molecule has 0 fully saturated rings. The molecule has 0 aliphatic heterocycles. The third kappa shape index (κ3) is 4.40. The third-order valence-electron chi connectivity index (χ3n) is 3.79. The van der Waals surface area contributed by atoms with Crippen LogP contribution in [0.3, 0.4) is 0 Å². The first-order chi connectivity index (χ1) is 12.1. The van der Waals surface area contributed by atoms with Gasteiger partial charge in [-0.05, 0) is 18.9 Å². The summed E-state index contributed by atoms with van der Waals surface area (Å²) in [5, 5.41) is 12.7. The van der Waals surface area contributed by atoms with E-state index in [1.165, 1.54) is 6.33 Å². The fourth-order valence-electron chi connectivity index (χ4n) is 2.59. The number of carbonyl (C=O) groups is 1. The maximum Gasteiger partial charge on any atom is 0.303 e. The molecule has 0 saturated carbocycles. The molecular formula is C17H23N3O5. The van der Waals surface area contributed by atoms with Gasteiger partial charge in [-0.2, -0.15) is 0 Å². The Balaban J connectivity index is 2.19. The van der Waals surface area contributed by atoms with Crippen molar-refractivity contribution in [3.8, 4) is 17.2 Å². The van der Waals surface area contributed by atoms with Gasteiger partial charge in [-0.3, -0.25) is 4.79 Å². The molecule has 0 aliphatic carbocycles. The molecule has 2 rings (SSSR count). The Kier molecular flexibility index (Phi) is 6.62. The molecule has 0 spiro atoms. The van der Waals surface area contributed by atoms with Gasteiger partial charge in [0.15, 0.2) is 11.5 Å². The number of carboxylic acid groups (broad SMARTS) is 1. The molecule has 0 amide bonds. The normalized spacial score (nSPS) is 10.5. The topological polar surface area (TPSA) is 103 Å². The first-order valence-electron chi connectivity index (χ1n) is 8.01. The quantitative estimate of drug-likeness (QED) is 0.631. The molecule has 0 atom stereocenters. The van der Waals surface area contributed by atoms with Gasteiger partial charge in [0.1, 0.15) is 17.7 Å². The van der Waals surface area contributed by atoms with Crippen molar-refractivity contribution in [3.05, 3.63) is 12.4 Å². The number of benzene rings is 1. The maximum absolute atomic E-state index is 10.5. The zero-order valence-electron chi connectivity index (χ0n) is 14.7. The number of methoxy groups -OCH3 is 3. The highest BCUT2D eigenvalue weighted by Gasteiger charge is 2.19. The zero-order chi connectivity index (χ0) is 18.2. The second kappa shape index (κ2) is 8.91. The van der Waals surface area contributed by atoms with Crippen LogP contribution in [0.5, 0.6) is 17.2 Å². The Morgan fingerprint density at radius 3 is 2.48 bits per heavy atom. The Morgan fingerprint density at radius 1 is 1.08 bits per heavy atom. The minimum absolute atomic E-state index is 0.199. The number of hydrogen-bond acceptors (Lipinski definition) is 7. The molecule has 1 aromatic heterocycles. The second-order valence-corrected chi connectivity index (χ2v) is 5.39. The van der Waals surface area contributed by atoms with Crippen LogP contribution in [0.25, 0.3) is 10.9 Å². The largest absolute Gasteiger partial charge is 0.493 e. The zero-order valence-corrected chi connectivity index (χ0v) is 14.7. The van der Waals surface area contributed by atoms with Gasteiger partial charge in [-0.15, -0.1) is 0 Å². The number of carboxylic acids is 1. The fraction of sp³-hybridized carbons (Fsp3) is 0.471. The Labute approximate surface area is 146 Å². The van der Waals surface area contributed by atoms with Gasteiger partial charge in [0, 0.05) is 13.0 Å². The lowest BCUT2D eigenvalue weighted by atomic mass is 10.1. The van der Waals surface area contributed by atoms with E-state index in [1.54, 1.807) is 21.3 Å². The van der Waals surface area contributed by atoms with Gasteiger partial charge < -0.3 is 24.6 Å². The van der Waals surface area contributed by atoms with Crippen LogP contribution in [0.4, 0.5) is 5.82 Å². The van der Waals surface area contributed by atoms with Crippen LogP contribution >= 0.6 is 0 Å². The Bertz CT molecular complexity index is 736. The minimum atomic E-state index is -0.761. The van der Waals surface area contributed by atoms with E-state index in [0.717, 1.165) is 18.2 Å². The van der Waals surface area contributed by atoms with Crippen molar-refractivity contribution in [2.24, 2.45) is 0 Å². The molecule has 2 N–H and O–H groups in total. The van der Waals surface area contributed by atoms with E-state index >= 15 is 0 Å². The number of unbranched alkanes of at least 4 members (excludes halogenated alkanes) is 2. The van der Waals surface area contributed by atoms with Crippen LogP contribution in [0.1, 0.15) is 25.7 Å². The lowest BCUT2D eigenvalue weighted by molar-refractivity contribution is -0.137. The lowest BCUT2D eigenvalue weighted by Crippen LogP contribution is -2.06. The van der Waals surface area contributed by atoms with Gasteiger partial charge in [-0.25, -0.2) is 9.97 Å². The highest BCUT2D eigenvalue weighted by Crippen LogP contribution is 2.43. The third-order valence-corrected chi connectivity index (χ3v) is 3.79. The molecular weight excluding hydrogens is 326 g/mol. The summed E-state index contributed by atoms with van der Waals surface area (Å²) in [7, 11) is 4.65. The van der Waals surface area contributed by atoms with Crippen LogP contribution in [-0.4, -0.2) is 48.9 Å². The van der Waals surface area contributed by atoms with Crippen molar-refractivity contribution in [2.75, 3.05) is 33.2 Å². The van der Waals surface area contributed by atoms with Crippen LogP contribution in [0.15, 0.2) is 12.4 Å². The SMILES string of the molecule is COc1cc2c(NCCCCCC(=O)O)ncnc2c(OC)c1OC. The summed E-state index contributed by atoms with van der Waals surface area (Å²) in [6.45, 7) is 0.683. The number of rotatable bonds is 10. The van der Waals surface area contributed by atoms with Crippen molar-refractivity contribution < 1.29 is 24.1 Å². The molecule has 0 bridgehead atoms. The van der Waals surface area contributed by atoms with Crippen LogP contribution in [0.2, 0.25) is 0 Å². The summed E-state index contributed by atoms with van der Waals surface area (Å²) in [6.07, 6.45) is 4.01. The van der Waals surface area contributed by atoms with Crippen molar-refractivity contribution in [1.29, 1.82) is 0 Å². The summed E-state index contributed by atoms with van der Waals surface area (Å²) < 4.78 is 16.2. The van der Waals surface area contributed by atoms with Gasteiger partial charge in [-0.1, -0.05) is 6.42 Å². The standard InChI is InChI=1S/C17H23N3O5/c1-23-12-9-11-14(16(25-3)15(12)24-2)19-10-20-17(11)18-8-6-4-5-7-13(21)22/h9-10H,4-8H2,1-3H3,(H,21,22)(H,18,19,20). The summed E-state index contributed by atoms with van der Waals surface area (Å²) in [6, 6.07) is 1.81. The fourth-order valence-corrected chi connectivity index (χ4v) is 2.59. The van der Waals surface area contributed by atoms with E-state index in [2.05, 4.69) is 15.3 Å². The number of nitrogens with zero attached hydrogens (tertiary/aromatic N) is 2. The minimum Gasteiger partial charge on any atom is -0.493 e. The van der Waals surface area contributed by atoms with Crippen LogP contribution < -0.4 is 19.5 Å². The lowest BCUT2D eigenvalue weighted by Gasteiger charge is -2.15. The molecule has 0 aliphatic rings. The average molecular weight is 349 g/mol. The second-order valence-electron chi connectivity index (χ2n) is 5.39. The number of anilines is 1. The summed E-state index contributed by atoms with van der Waals surface area (Å²) in [4.78, 5) is 19.1. The summed E-state index contributed by atoms with van der Waals surface area (Å²) >= 11 is 0. The molecule has 8 heteroatoms. The molecule has 0 saturated heterocycles. The van der Waals surface area contributed by atoms with Gasteiger partial charge in [0.25, 0.3) is 0 Å². The van der Waals surface area contributed by atoms with Crippen molar-refractivity contribution in [1.82, 2.24) is 9.97 Å². The van der Waals surface area contributed by atoms with E-state index < -0.39 is 5.97 Å². The number of aromatic nitrogens is 2. The van der Waals surface area contributed by atoms with Gasteiger partial charge in [0.05, 0.1) is 26.7 Å². The molecule has 2 aromatic rings. The molecule has 0 unspecified atom stereocenters. The summed E-state index contributed by atoms with van der Waals surface area (Å²) in [5.74, 6) is 1.41. The average Bonchev–Trinajstić information content (AvgIpc) is 2.62. The number of hydrogen-bond donors (Lipinski definition) is 2. The predicted molar refractivity (Wildman–Crippen MR) is 93.8 cm³/mol. The highest BCUT2D eigenvalue weighted by molar-refractivity contribution is 5.96. The monoisotopic (exact) mass is 349 g/mol.